The average Bonchev–Trinajstić information content (AvgIpc) is 2.32. The van der Waals surface area contributed by atoms with Crippen molar-refractivity contribution in [1.29, 1.82) is 0 Å². The molecule has 0 radical (unpaired) electrons. The molecule has 0 fully saturated rings. The summed E-state index contributed by atoms with van der Waals surface area (Å²) in [6.07, 6.45) is 7.35. The molecule has 0 heterocycles. The predicted molar refractivity (Wildman–Crippen MR) is 72.9 cm³/mol. The highest BCUT2D eigenvalue weighted by Crippen LogP contribution is 2.30. The molecule has 0 spiro atoms. The summed E-state index contributed by atoms with van der Waals surface area (Å²) in [5.74, 6) is 0.449. The topological polar surface area (TPSA) is 0 Å². The summed E-state index contributed by atoms with van der Waals surface area (Å²) in [6.45, 7) is 6.53. The van der Waals surface area contributed by atoms with Crippen LogP contribution in [0.3, 0.4) is 0 Å². The van der Waals surface area contributed by atoms with Crippen molar-refractivity contribution in [2.45, 2.75) is 65.2 Å². The smallest absolute Gasteiger partial charge is 0.123 e. The second-order valence-corrected chi connectivity index (χ2v) is 4.98. The Kier molecular flexibility index (Phi) is 6.25. The number of aryl methyl sites for hydroxylation is 1. The average molecular weight is 236 g/mol. The van der Waals surface area contributed by atoms with Crippen molar-refractivity contribution < 1.29 is 4.39 Å². The van der Waals surface area contributed by atoms with Gasteiger partial charge in [-0.25, -0.2) is 4.39 Å². The minimum atomic E-state index is -0.0952. The highest BCUT2D eigenvalue weighted by atomic mass is 19.1. The van der Waals surface area contributed by atoms with E-state index in [1.807, 2.05) is 6.07 Å². The van der Waals surface area contributed by atoms with Crippen LogP contribution in [0.5, 0.6) is 0 Å². The summed E-state index contributed by atoms with van der Waals surface area (Å²) < 4.78 is 13.3. The van der Waals surface area contributed by atoms with Gasteiger partial charge in [0.25, 0.3) is 0 Å². The third-order valence-corrected chi connectivity index (χ3v) is 3.47. The van der Waals surface area contributed by atoms with Crippen molar-refractivity contribution in [3.8, 4) is 0 Å². The highest BCUT2D eigenvalue weighted by Gasteiger charge is 2.13. The molecule has 1 unspecified atom stereocenters. The molecule has 1 rings (SSSR count). The molecular formula is C16H25F. The van der Waals surface area contributed by atoms with Crippen LogP contribution in [0.4, 0.5) is 4.39 Å². The van der Waals surface area contributed by atoms with Gasteiger partial charge >= 0.3 is 0 Å². The third-order valence-electron chi connectivity index (χ3n) is 3.47. The van der Waals surface area contributed by atoms with E-state index in [1.54, 1.807) is 12.1 Å². The SMILES string of the molecule is CCCCCC(CCC)c1cc(F)ccc1C. The van der Waals surface area contributed by atoms with Gasteiger partial charge in [-0.3, -0.25) is 0 Å². The zero-order valence-corrected chi connectivity index (χ0v) is 11.4. The van der Waals surface area contributed by atoms with Crippen LogP contribution in [0.2, 0.25) is 0 Å². The van der Waals surface area contributed by atoms with E-state index < -0.39 is 0 Å². The van der Waals surface area contributed by atoms with Crippen molar-refractivity contribution in [3.05, 3.63) is 35.1 Å². The van der Waals surface area contributed by atoms with Crippen LogP contribution in [-0.4, -0.2) is 0 Å². The van der Waals surface area contributed by atoms with Gasteiger partial charge in [-0.15, -0.1) is 0 Å². The van der Waals surface area contributed by atoms with Crippen LogP contribution in [-0.2, 0) is 0 Å². The van der Waals surface area contributed by atoms with Crippen LogP contribution < -0.4 is 0 Å². The van der Waals surface area contributed by atoms with Crippen LogP contribution >= 0.6 is 0 Å². The first-order valence-electron chi connectivity index (χ1n) is 6.95. The second kappa shape index (κ2) is 7.47. The van der Waals surface area contributed by atoms with E-state index in [2.05, 4.69) is 20.8 Å². The van der Waals surface area contributed by atoms with Crippen LogP contribution in [0.25, 0.3) is 0 Å². The van der Waals surface area contributed by atoms with E-state index in [-0.39, 0.29) is 5.82 Å². The Hall–Kier alpha value is -0.850. The van der Waals surface area contributed by atoms with Crippen molar-refractivity contribution >= 4 is 0 Å². The number of rotatable bonds is 7. The minimum absolute atomic E-state index is 0.0952. The van der Waals surface area contributed by atoms with Gasteiger partial charge in [0.15, 0.2) is 0 Å². The third kappa shape index (κ3) is 4.49. The maximum Gasteiger partial charge on any atom is 0.123 e. The van der Waals surface area contributed by atoms with E-state index in [4.69, 9.17) is 0 Å². The lowest BCUT2D eigenvalue weighted by Gasteiger charge is -2.19. The fourth-order valence-corrected chi connectivity index (χ4v) is 2.50. The first-order valence-corrected chi connectivity index (χ1v) is 6.95. The zero-order chi connectivity index (χ0) is 12.7. The molecule has 0 N–H and O–H groups in total. The summed E-state index contributed by atoms with van der Waals surface area (Å²) in [6, 6.07) is 5.21. The summed E-state index contributed by atoms with van der Waals surface area (Å²) in [5, 5.41) is 0. The van der Waals surface area contributed by atoms with Gasteiger partial charge < -0.3 is 0 Å². The maximum absolute atomic E-state index is 13.3. The lowest BCUT2D eigenvalue weighted by atomic mass is 9.87. The molecular weight excluding hydrogens is 211 g/mol. The van der Waals surface area contributed by atoms with Gasteiger partial charge in [0, 0.05) is 0 Å². The Labute approximate surface area is 105 Å². The molecule has 17 heavy (non-hydrogen) atoms. The van der Waals surface area contributed by atoms with Gasteiger partial charge in [-0.05, 0) is 48.9 Å². The molecule has 0 saturated carbocycles. The van der Waals surface area contributed by atoms with Crippen LogP contribution in [0, 0.1) is 12.7 Å². The maximum atomic E-state index is 13.3. The van der Waals surface area contributed by atoms with Crippen molar-refractivity contribution in [2.24, 2.45) is 0 Å². The molecule has 0 bridgehead atoms. The summed E-state index contributed by atoms with van der Waals surface area (Å²) in [5.41, 5.74) is 2.46. The molecule has 1 atom stereocenters. The Morgan fingerprint density at radius 2 is 1.82 bits per heavy atom. The van der Waals surface area contributed by atoms with Crippen molar-refractivity contribution in [3.63, 3.8) is 0 Å². The summed E-state index contributed by atoms with van der Waals surface area (Å²) >= 11 is 0. The van der Waals surface area contributed by atoms with Crippen molar-refractivity contribution in [1.82, 2.24) is 0 Å². The normalized spacial score (nSPS) is 12.7. The molecule has 1 aromatic rings. The Morgan fingerprint density at radius 3 is 2.47 bits per heavy atom. The highest BCUT2D eigenvalue weighted by molar-refractivity contribution is 5.29. The quantitative estimate of drug-likeness (QED) is 0.541. The van der Waals surface area contributed by atoms with Gasteiger partial charge in [0.2, 0.25) is 0 Å². The standard InChI is InChI=1S/C16H25F/c1-4-6-7-9-14(8-5-2)16-12-15(17)11-10-13(16)3/h10-12,14H,4-9H2,1-3H3. The number of benzene rings is 1. The lowest BCUT2D eigenvalue weighted by Crippen LogP contribution is -2.02. The van der Waals surface area contributed by atoms with E-state index in [9.17, 15) is 4.39 Å². The first-order chi connectivity index (χ1) is 8.19. The van der Waals surface area contributed by atoms with Gasteiger partial charge in [0.1, 0.15) is 5.82 Å². The Bertz CT molecular complexity index is 330. The monoisotopic (exact) mass is 236 g/mol. The van der Waals surface area contributed by atoms with Crippen molar-refractivity contribution in [2.75, 3.05) is 0 Å². The van der Waals surface area contributed by atoms with Crippen LogP contribution in [0.1, 0.15) is 69.4 Å². The minimum Gasteiger partial charge on any atom is -0.207 e. The molecule has 0 amide bonds. The van der Waals surface area contributed by atoms with Crippen LogP contribution in [0.15, 0.2) is 18.2 Å². The van der Waals surface area contributed by atoms with Gasteiger partial charge in [-0.1, -0.05) is 45.6 Å². The summed E-state index contributed by atoms with van der Waals surface area (Å²) in [4.78, 5) is 0. The number of hydrogen-bond donors (Lipinski definition) is 0. The molecule has 0 nitrogen and oxygen atoms in total. The Morgan fingerprint density at radius 1 is 1.06 bits per heavy atom. The zero-order valence-electron chi connectivity index (χ0n) is 11.4. The second-order valence-electron chi connectivity index (χ2n) is 4.98. The number of hydrogen-bond acceptors (Lipinski definition) is 0. The fourth-order valence-electron chi connectivity index (χ4n) is 2.50. The molecule has 0 aromatic heterocycles. The molecule has 1 aromatic carbocycles. The largest absolute Gasteiger partial charge is 0.207 e. The molecule has 0 aliphatic heterocycles. The van der Waals surface area contributed by atoms with Gasteiger partial charge in [-0.2, -0.15) is 0 Å². The molecule has 96 valence electrons. The molecule has 1 heteroatoms. The Balaban J connectivity index is 2.77. The van der Waals surface area contributed by atoms with E-state index in [0.29, 0.717) is 5.92 Å². The van der Waals surface area contributed by atoms with Gasteiger partial charge in [0.05, 0.1) is 0 Å². The summed E-state index contributed by atoms with van der Waals surface area (Å²) in [7, 11) is 0. The predicted octanol–water partition coefficient (Wildman–Crippen LogP) is 5.60. The fraction of sp³-hybridized carbons (Fsp3) is 0.625. The molecule has 0 aliphatic rings. The van der Waals surface area contributed by atoms with E-state index >= 15 is 0 Å². The van der Waals surface area contributed by atoms with E-state index in [1.165, 1.54) is 49.7 Å². The number of unbranched alkanes of at least 4 members (excludes halogenated alkanes) is 2. The van der Waals surface area contributed by atoms with E-state index in [0.717, 1.165) is 0 Å². The lowest BCUT2D eigenvalue weighted by molar-refractivity contribution is 0.523. The molecule has 0 aliphatic carbocycles. The number of halogens is 1. The first kappa shape index (κ1) is 14.2. The molecule has 0 saturated heterocycles.